The van der Waals surface area contributed by atoms with Crippen LogP contribution in [-0.2, 0) is 11.2 Å². The Bertz CT molecular complexity index is 657. The quantitative estimate of drug-likeness (QED) is 0.858. The van der Waals surface area contributed by atoms with Crippen LogP contribution in [0, 0.1) is 12.7 Å². The lowest BCUT2D eigenvalue weighted by molar-refractivity contribution is -0.117. The van der Waals surface area contributed by atoms with Crippen LogP contribution in [0.5, 0.6) is 0 Å². The number of benzene rings is 1. The Morgan fingerprint density at radius 3 is 2.86 bits per heavy atom. The van der Waals surface area contributed by atoms with Crippen LogP contribution >= 0.6 is 11.3 Å². The zero-order chi connectivity index (χ0) is 16.1. The Balaban J connectivity index is 2.08. The van der Waals surface area contributed by atoms with E-state index in [1.165, 1.54) is 17.4 Å². The molecule has 1 aromatic carbocycles. The Morgan fingerprint density at radius 1 is 1.45 bits per heavy atom. The molecule has 0 aliphatic heterocycles. The van der Waals surface area contributed by atoms with Gasteiger partial charge in [-0.25, -0.2) is 9.37 Å². The first-order valence-electron chi connectivity index (χ1n) is 7.27. The molecule has 118 valence electrons. The van der Waals surface area contributed by atoms with E-state index in [2.05, 4.69) is 10.3 Å². The number of anilines is 1. The highest BCUT2D eigenvalue weighted by Gasteiger charge is 2.16. The molecule has 1 aromatic heterocycles. The maximum atomic E-state index is 13.7. The molecule has 4 nitrogen and oxygen atoms in total. The maximum absolute atomic E-state index is 13.7. The van der Waals surface area contributed by atoms with Gasteiger partial charge in [-0.2, -0.15) is 0 Å². The van der Waals surface area contributed by atoms with E-state index in [0.717, 1.165) is 17.0 Å². The first-order valence-corrected chi connectivity index (χ1v) is 8.09. The van der Waals surface area contributed by atoms with Crippen LogP contribution in [0.1, 0.15) is 35.9 Å². The number of carbonyl (C=O) groups is 1. The zero-order valence-electron chi connectivity index (χ0n) is 12.7. The summed E-state index contributed by atoms with van der Waals surface area (Å²) in [4.78, 5) is 17.2. The topological polar surface area (TPSA) is 68.0 Å². The molecule has 2 aromatic rings. The van der Waals surface area contributed by atoms with Crippen LogP contribution in [0.2, 0.25) is 0 Å². The molecular formula is C16H20FN3OS. The zero-order valence-corrected chi connectivity index (χ0v) is 13.5. The predicted molar refractivity (Wildman–Crippen MR) is 87.6 cm³/mol. The van der Waals surface area contributed by atoms with E-state index in [4.69, 9.17) is 5.73 Å². The average molecular weight is 321 g/mol. The highest BCUT2D eigenvalue weighted by atomic mass is 32.1. The highest BCUT2D eigenvalue weighted by Crippen LogP contribution is 2.26. The van der Waals surface area contributed by atoms with Crippen molar-refractivity contribution < 1.29 is 9.18 Å². The second-order valence-electron chi connectivity index (χ2n) is 5.18. The molecule has 0 fully saturated rings. The molecule has 1 unspecified atom stereocenters. The summed E-state index contributed by atoms with van der Waals surface area (Å²) in [6.45, 7) is 3.83. The molecule has 0 radical (unpaired) electrons. The first kappa shape index (κ1) is 16.6. The van der Waals surface area contributed by atoms with Crippen LogP contribution in [0.25, 0.3) is 0 Å². The third-order valence-electron chi connectivity index (χ3n) is 3.37. The summed E-state index contributed by atoms with van der Waals surface area (Å²) in [5.74, 6) is -0.459. The van der Waals surface area contributed by atoms with Crippen molar-refractivity contribution in [2.24, 2.45) is 5.73 Å². The summed E-state index contributed by atoms with van der Waals surface area (Å²) in [7, 11) is 0. The molecule has 0 bridgehead atoms. The van der Waals surface area contributed by atoms with Crippen LogP contribution in [0.15, 0.2) is 24.3 Å². The number of amides is 1. The number of hydrogen-bond donors (Lipinski definition) is 2. The number of halogens is 1. The number of aromatic nitrogens is 1. The van der Waals surface area contributed by atoms with E-state index in [1.54, 1.807) is 18.2 Å². The van der Waals surface area contributed by atoms with Gasteiger partial charge in [0.15, 0.2) is 5.13 Å². The lowest BCUT2D eigenvalue weighted by atomic mass is 10.1. The minimum Gasteiger partial charge on any atom is -0.320 e. The van der Waals surface area contributed by atoms with Gasteiger partial charge in [-0.1, -0.05) is 31.5 Å². The summed E-state index contributed by atoms with van der Waals surface area (Å²) in [5.41, 5.74) is 7.20. The Morgan fingerprint density at radius 2 is 2.18 bits per heavy atom. The van der Waals surface area contributed by atoms with Gasteiger partial charge in [0.1, 0.15) is 5.82 Å². The number of thiazole rings is 1. The van der Waals surface area contributed by atoms with E-state index in [0.29, 0.717) is 23.5 Å². The number of nitrogens with one attached hydrogen (secondary N) is 1. The van der Waals surface area contributed by atoms with E-state index in [-0.39, 0.29) is 11.7 Å². The van der Waals surface area contributed by atoms with Gasteiger partial charge in [0.2, 0.25) is 5.91 Å². The SMILES string of the molecule is CCCC(N)C(=O)Nc1nc(C)c(Cc2ccccc2F)s1. The summed E-state index contributed by atoms with van der Waals surface area (Å²) >= 11 is 1.36. The number of rotatable bonds is 6. The highest BCUT2D eigenvalue weighted by molar-refractivity contribution is 7.15. The van der Waals surface area contributed by atoms with Crippen LogP contribution in [-0.4, -0.2) is 16.9 Å². The number of carbonyl (C=O) groups excluding carboxylic acids is 1. The van der Waals surface area contributed by atoms with Crippen molar-refractivity contribution >= 4 is 22.4 Å². The van der Waals surface area contributed by atoms with Crippen molar-refractivity contribution in [1.29, 1.82) is 0 Å². The van der Waals surface area contributed by atoms with E-state index in [1.807, 2.05) is 13.8 Å². The average Bonchev–Trinajstić information content (AvgIpc) is 2.81. The molecule has 0 saturated heterocycles. The molecule has 1 atom stereocenters. The van der Waals surface area contributed by atoms with E-state index >= 15 is 0 Å². The third-order valence-corrected chi connectivity index (χ3v) is 4.44. The Kier molecular flexibility index (Phi) is 5.63. The van der Waals surface area contributed by atoms with E-state index < -0.39 is 6.04 Å². The Labute approximate surface area is 133 Å². The fourth-order valence-corrected chi connectivity index (χ4v) is 3.09. The van der Waals surface area contributed by atoms with Crippen LogP contribution in [0.4, 0.5) is 9.52 Å². The van der Waals surface area contributed by atoms with Crippen molar-refractivity contribution in [2.75, 3.05) is 5.32 Å². The van der Waals surface area contributed by atoms with Crippen molar-refractivity contribution in [3.05, 3.63) is 46.2 Å². The summed E-state index contributed by atoms with van der Waals surface area (Å²) in [6, 6.07) is 6.15. The van der Waals surface area contributed by atoms with Gasteiger partial charge >= 0.3 is 0 Å². The lowest BCUT2D eigenvalue weighted by Crippen LogP contribution is -2.35. The van der Waals surface area contributed by atoms with E-state index in [9.17, 15) is 9.18 Å². The van der Waals surface area contributed by atoms with Gasteiger partial charge in [-0.15, -0.1) is 11.3 Å². The molecule has 1 heterocycles. The van der Waals surface area contributed by atoms with Gasteiger partial charge in [0.25, 0.3) is 0 Å². The van der Waals surface area contributed by atoms with Crippen LogP contribution < -0.4 is 11.1 Å². The van der Waals surface area contributed by atoms with Crippen molar-refractivity contribution in [1.82, 2.24) is 4.98 Å². The molecule has 3 N–H and O–H groups in total. The normalized spacial score (nSPS) is 12.2. The van der Waals surface area contributed by atoms with Gasteiger partial charge in [0.05, 0.1) is 11.7 Å². The number of hydrogen-bond acceptors (Lipinski definition) is 4. The molecule has 0 spiro atoms. The number of aryl methyl sites for hydroxylation is 1. The molecular weight excluding hydrogens is 301 g/mol. The second kappa shape index (κ2) is 7.47. The summed E-state index contributed by atoms with van der Waals surface area (Å²) in [6.07, 6.45) is 1.95. The fourth-order valence-electron chi connectivity index (χ4n) is 2.10. The summed E-state index contributed by atoms with van der Waals surface area (Å²) in [5, 5.41) is 3.25. The lowest BCUT2D eigenvalue weighted by Gasteiger charge is -2.08. The predicted octanol–water partition coefficient (Wildman–Crippen LogP) is 3.25. The minimum absolute atomic E-state index is 0.229. The monoisotopic (exact) mass is 321 g/mol. The van der Waals surface area contributed by atoms with Crippen molar-refractivity contribution in [3.63, 3.8) is 0 Å². The van der Waals surface area contributed by atoms with Gasteiger partial charge < -0.3 is 11.1 Å². The van der Waals surface area contributed by atoms with Gasteiger partial charge in [0, 0.05) is 11.3 Å². The standard InChI is InChI=1S/C16H20FN3OS/c1-3-6-13(18)15(21)20-16-19-10(2)14(22-16)9-11-7-4-5-8-12(11)17/h4-5,7-8,13H,3,6,9,18H2,1-2H3,(H,19,20,21). The van der Waals surface area contributed by atoms with Crippen LogP contribution in [0.3, 0.4) is 0 Å². The van der Waals surface area contributed by atoms with Crippen molar-refractivity contribution in [2.45, 2.75) is 39.2 Å². The van der Waals surface area contributed by atoms with Gasteiger partial charge in [-0.05, 0) is 25.0 Å². The second-order valence-corrected chi connectivity index (χ2v) is 6.26. The first-order chi connectivity index (χ1) is 10.5. The van der Waals surface area contributed by atoms with Crippen molar-refractivity contribution in [3.8, 4) is 0 Å². The summed E-state index contributed by atoms with van der Waals surface area (Å²) < 4.78 is 13.7. The number of nitrogens with two attached hydrogens (primary N) is 1. The molecule has 6 heteroatoms. The Hall–Kier alpha value is -1.79. The molecule has 2 rings (SSSR count). The molecule has 0 aliphatic rings. The van der Waals surface area contributed by atoms with Gasteiger partial charge in [-0.3, -0.25) is 4.79 Å². The maximum Gasteiger partial charge on any atom is 0.243 e. The molecule has 0 aliphatic carbocycles. The molecule has 0 saturated carbocycles. The minimum atomic E-state index is -0.524. The largest absolute Gasteiger partial charge is 0.320 e. The number of nitrogens with zero attached hydrogens (tertiary/aromatic N) is 1. The third kappa shape index (κ3) is 4.11. The smallest absolute Gasteiger partial charge is 0.243 e. The fraction of sp³-hybridized carbons (Fsp3) is 0.375. The molecule has 1 amide bonds. The molecule has 22 heavy (non-hydrogen) atoms.